The van der Waals surface area contributed by atoms with Crippen LogP contribution in [0.1, 0.15) is 30.6 Å². The summed E-state index contributed by atoms with van der Waals surface area (Å²) in [6.45, 7) is 5.04. The van der Waals surface area contributed by atoms with Gasteiger partial charge in [-0.2, -0.15) is 0 Å². The fourth-order valence-corrected chi connectivity index (χ4v) is 1.56. The molecule has 0 aromatic heterocycles. The number of carbonyl (C=O) groups excluding carboxylic acids is 2. The molecule has 2 N–H and O–H groups in total. The second-order valence-electron chi connectivity index (χ2n) is 4.94. The van der Waals surface area contributed by atoms with Gasteiger partial charge in [0.05, 0.1) is 7.11 Å². The number of rotatable bonds is 7. The standard InChI is InChI=1S/C15H22N2O3/c1-11(2)10-17-14(18)7-8-16-15(19)12-5-4-6-13(9-12)20-3/h4-6,9,11H,7-8,10H2,1-3H3,(H,16,19)(H,17,18). The van der Waals surface area contributed by atoms with Crippen molar-refractivity contribution in [2.75, 3.05) is 20.2 Å². The summed E-state index contributed by atoms with van der Waals surface area (Å²) in [7, 11) is 1.55. The van der Waals surface area contributed by atoms with E-state index >= 15 is 0 Å². The van der Waals surface area contributed by atoms with Gasteiger partial charge in [0.25, 0.3) is 5.91 Å². The van der Waals surface area contributed by atoms with Crippen LogP contribution in [0.4, 0.5) is 0 Å². The molecular weight excluding hydrogens is 256 g/mol. The molecule has 1 aromatic rings. The SMILES string of the molecule is COc1cccc(C(=O)NCCC(=O)NCC(C)C)c1. The molecule has 1 aromatic carbocycles. The Hall–Kier alpha value is -2.04. The lowest BCUT2D eigenvalue weighted by molar-refractivity contribution is -0.121. The number of methoxy groups -OCH3 is 1. The lowest BCUT2D eigenvalue weighted by atomic mass is 10.2. The maximum absolute atomic E-state index is 11.9. The minimum absolute atomic E-state index is 0.0513. The van der Waals surface area contributed by atoms with Crippen LogP contribution in [-0.2, 0) is 4.79 Å². The first-order chi connectivity index (χ1) is 9.52. The molecule has 0 aliphatic rings. The van der Waals surface area contributed by atoms with Crippen molar-refractivity contribution in [3.8, 4) is 5.75 Å². The molecule has 0 saturated heterocycles. The molecule has 0 heterocycles. The maximum atomic E-state index is 11.9. The fraction of sp³-hybridized carbons (Fsp3) is 0.467. The van der Waals surface area contributed by atoms with Crippen molar-refractivity contribution >= 4 is 11.8 Å². The van der Waals surface area contributed by atoms with E-state index in [9.17, 15) is 9.59 Å². The normalized spacial score (nSPS) is 10.2. The summed E-state index contributed by atoms with van der Waals surface area (Å²) < 4.78 is 5.06. The van der Waals surface area contributed by atoms with Gasteiger partial charge in [0.1, 0.15) is 5.75 Å². The molecule has 0 atom stereocenters. The van der Waals surface area contributed by atoms with Crippen LogP contribution in [0.2, 0.25) is 0 Å². The molecule has 0 unspecified atom stereocenters. The molecule has 5 nitrogen and oxygen atoms in total. The molecule has 1 rings (SSSR count). The molecule has 0 saturated carbocycles. The van der Waals surface area contributed by atoms with Crippen LogP contribution in [0.15, 0.2) is 24.3 Å². The Kier molecular flexibility index (Phi) is 6.56. The highest BCUT2D eigenvalue weighted by Gasteiger charge is 2.07. The van der Waals surface area contributed by atoms with Gasteiger partial charge in [-0.15, -0.1) is 0 Å². The zero-order valence-electron chi connectivity index (χ0n) is 12.2. The number of carbonyl (C=O) groups is 2. The van der Waals surface area contributed by atoms with Crippen molar-refractivity contribution in [1.29, 1.82) is 0 Å². The highest BCUT2D eigenvalue weighted by molar-refractivity contribution is 5.94. The average Bonchev–Trinajstić information content (AvgIpc) is 2.45. The van der Waals surface area contributed by atoms with Crippen molar-refractivity contribution in [2.45, 2.75) is 20.3 Å². The van der Waals surface area contributed by atoms with Crippen LogP contribution < -0.4 is 15.4 Å². The van der Waals surface area contributed by atoms with Crippen molar-refractivity contribution in [1.82, 2.24) is 10.6 Å². The lowest BCUT2D eigenvalue weighted by Gasteiger charge is -2.09. The van der Waals surface area contributed by atoms with Gasteiger partial charge < -0.3 is 15.4 Å². The van der Waals surface area contributed by atoms with Gasteiger partial charge in [0.15, 0.2) is 0 Å². The summed E-state index contributed by atoms with van der Waals surface area (Å²) in [5.74, 6) is 0.794. The van der Waals surface area contributed by atoms with Gasteiger partial charge in [-0.05, 0) is 24.1 Å². The number of nitrogens with one attached hydrogen (secondary N) is 2. The van der Waals surface area contributed by atoms with Crippen LogP contribution >= 0.6 is 0 Å². The Labute approximate surface area is 119 Å². The van der Waals surface area contributed by atoms with E-state index in [1.165, 1.54) is 0 Å². The van der Waals surface area contributed by atoms with Gasteiger partial charge in [-0.1, -0.05) is 19.9 Å². The van der Waals surface area contributed by atoms with Gasteiger partial charge in [-0.3, -0.25) is 9.59 Å². The molecule has 20 heavy (non-hydrogen) atoms. The summed E-state index contributed by atoms with van der Waals surface area (Å²) >= 11 is 0. The van der Waals surface area contributed by atoms with Gasteiger partial charge in [-0.25, -0.2) is 0 Å². The topological polar surface area (TPSA) is 67.4 Å². The van der Waals surface area contributed by atoms with E-state index < -0.39 is 0 Å². The molecule has 5 heteroatoms. The van der Waals surface area contributed by atoms with Gasteiger partial charge in [0.2, 0.25) is 5.91 Å². The molecule has 0 aliphatic carbocycles. The van der Waals surface area contributed by atoms with E-state index in [1.807, 2.05) is 13.8 Å². The first kappa shape index (κ1) is 16.0. The number of ether oxygens (including phenoxy) is 1. The number of hydrogen-bond acceptors (Lipinski definition) is 3. The van der Waals surface area contributed by atoms with Crippen molar-refractivity contribution in [2.24, 2.45) is 5.92 Å². The quantitative estimate of drug-likeness (QED) is 0.796. The van der Waals surface area contributed by atoms with Crippen LogP contribution in [0.25, 0.3) is 0 Å². The summed E-state index contributed by atoms with van der Waals surface area (Å²) in [4.78, 5) is 23.3. The lowest BCUT2D eigenvalue weighted by Crippen LogP contribution is -2.32. The first-order valence-electron chi connectivity index (χ1n) is 6.72. The third-order valence-corrected chi connectivity index (χ3v) is 2.68. The Balaban J connectivity index is 2.34. The average molecular weight is 278 g/mol. The van der Waals surface area contributed by atoms with E-state index in [0.29, 0.717) is 30.3 Å². The van der Waals surface area contributed by atoms with E-state index in [2.05, 4.69) is 10.6 Å². The zero-order chi connectivity index (χ0) is 15.0. The van der Waals surface area contributed by atoms with E-state index in [1.54, 1.807) is 31.4 Å². The maximum Gasteiger partial charge on any atom is 0.251 e. The summed E-state index contributed by atoms with van der Waals surface area (Å²) in [6, 6.07) is 6.89. The summed E-state index contributed by atoms with van der Waals surface area (Å²) in [6.07, 6.45) is 0.280. The fourth-order valence-electron chi connectivity index (χ4n) is 1.56. The largest absolute Gasteiger partial charge is 0.497 e. The molecule has 0 radical (unpaired) electrons. The molecule has 0 bridgehead atoms. The van der Waals surface area contributed by atoms with Crippen LogP contribution in [0, 0.1) is 5.92 Å². The Morgan fingerprint density at radius 3 is 2.65 bits per heavy atom. The van der Waals surface area contributed by atoms with Crippen LogP contribution in [0.5, 0.6) is 5.75 Å². The van der Waals surface area contributed by atoms with E-state index in [4.69, 9.17) is 4.74 Å². The van der Waals surface area contributed by atoms with E-state index in [-0.39, 0.29) is 18.2 Å². The Bertz CT molecular complexity index is 458. The highest BCUT2D eigenvalue weighted by Crippen LogP contribution is 2.12. The van der Waals surface area contributed by atoms with Gasteiger partial charge in [0, 0.05) is 25.1 Å². The zero-order valence-corrected chi connectivity index (χ0v) is 12.2. The third kappa shape index (κ3) is 5.73. The number of hydrogen-bond donors (Lipinski definition) is 2. The van der Waals surface area contributed by atoms with Crippen LogP contribution in [-0.4, -0.2) is 32.0 Å². The summed E-state index contributed by atoms with van der Waals surface area (Å²) in [5.41, 5.74) is 0.520. The van der Waals surface area contributed by atoms with Gasteiger partial charge >= 0.3 is 0 Å². The van der Waals surface area contributed by atoms with Crippen molar-refractivity contribution in [3.63, 3.8) is 0 Å². The number of amides is 2. The third-order valence-electron chi connectivity index (χ3n) is 2.68. The highest BCUT2D eigenvalue weighted by atomic mass is 16.5. The van der Waals surface area contributed by atoms with E-state index in [0.717, 1.165) is 0 Å². The molecular formula is C15H22N2O3. The monoisotopic (exact) mass is 278 g/mol. The number of benzene rings is 1. The molecule has 2 amide bonds. The predicted octanol–water partition coefficient (Wildman–Crippen LogP) is 1.59. The minimum atomic E-state index is -0.208. The van der Waals surface area contributed by atoms with Crippen molar-refractivity contribution < 1.29 is 14.3 Å². The molecule has 0 aliphatic heterocycles. The predicted molar refractivity (Wildman–Crippen MR) is 77.8 cm³/mol. The summed E-state index contributed by atoms with van der Waals surface area (Å²) in [5, 5.41) is 5.52. The molecule has 110 valence electrons. The van der Waals surface area contributed by atoms with Crippen molar-refractivity contribution in [3.05, 3.63) is 29.8 Å². The molecule has 0 spiro atoms. The second kappa shape index (κ2) is 8.19. The van der Waals surface area contributed by atoms with Crippen LogP contribution in [0.3, 0.4) is 0 Å². The molecule has 0 fully saturated rings. The minimum Gasteiger partial charge on any atom is -0.497 e. The first-order valence-corrected chi connectivity index (χ1v) is 6.72. The second-order valence-corrected chi connectivity index (χ2v) is 4.94. The Morgan fingerprint density at radius 2 is 2.00 bits per heavy atom. The Morgan fingerprint density at radius 1 is 1.25 bits per heavy atom. The smallest absolute Gasteiger partial charge is 0.251 e.